The quantitative estimate of drug-likeness (QED) is 0.454. The summed E-state index contributed by atoms with van der Waals surface area (Å²) in [5.41, 5.74) is 0. The van der Waals surface area contributed by atoms with E-state index in [-0.39, 0.29) is 0 Å². The maximum atomic E-state index is 5.00. The largest absolute Gasteiger partial charge is 0.346 e. The van der Waals surface area contributed by atoms with E-state index in [1.54, 1.807) is 0 Å². The van der Waals surface area contributed by atoms with Crippen molar-refractivity contribution >= 4 is 17.2 Å². The Hall–Kier alpha value is -0.370. The van der Waals surface area contributed by atoms with E-state index in [2.05, 4.69) is 6.08 Å². The van der Waals surface area contributed by atoms with Crippen molar-refractivity contribution in [3.8, 4) is 0 Å². The van der Waals surface area contributed by atoms with Crippen LogP contribution in [-0.2, 0) is 0 Å². The summed E-state index contributed by atoms with van der Waals surface area (Å²) in [6.07, 6.45) is 6.31. The van der Waals surface area contributed by atoms with Gasteiger partial charge in [0.15, 0.2) is 0 Å². The van der Waals surface area contributed by atoms with Crippen LogP contribution < -0.4 is 0 Å². The second kappa shape index (κ2) is 2.27. The molecule has 0 aliphatic carbocycles. The maximum Gasteiger partial charge on any atom is 0.0819 e. The van der Waals surface area contributed by atoms with Gasteiger partial charge in [-0.2, -0.15) is 0 Å². The van der Waals surface area contributed by atoms with Gasteiger partial charge in [-0.25, -0.2) is 0 Å². The molecule has 0 amide bonds. The van der Waals surface area contributed by atoms with E-state index in [9.17, 15) is 0 Å². The van der Waals surface area contributed by atoms with Crippen molar-refractivity contribution in [2.45, 2.75) is 12.8 Å². The van der Waals surface area contributed by atoms with Gasteiger partial charge in [0, 0.05) is 19.7 Å². The topological polar surface area (TPSA) is 3.24 Å². The lowest BCUT2D eigenvalue weighted by atomic mass is 10.2. The molecule has 0 aromatic rings. The van der Waals surface area contributed by atoms with Gasteiger partial charge in [-0.15, -0.1) is 0 Å². The third-order valence-electron chi connectivity index (χ3n) is 1.25. The van der Waals surface area contributed by atoms with E-state index in [1.807, 2.05) is 18.1 Å². The molecule has 0 saturated heterocycles. The second-order valence-electron chi connectivity index (χ2n) is 1.93. The Balaban J connectivity index is 2.60. The Kier molecular flexibility index (Phi) is 1.63. The van der Waals surface area contributed by atoms with Gasteiger partial charge in [0.2, 0.25) is 0 Å². The Morgan fingerprint density at radius 1 is 1.75 bits per heavy atom. The highest BCUT2D eigenvalue weighted by Crippen LogP contribution is 2.05. The summed E-state index contributed by atoms with van der Waals surface area (Å²) in [5.74, 6) is 0. The summed E-state index contributed by atoms with van der Waals surface area (Å²) in [5, 5.41) is 0. The third kappa shape index (κ3) is 1.07. The van der Waals surface area contributed by atoms with Gasteiger partial charge in [0.05, 0.1) is 4.99 Å². The van der Waals surface area contributed by atoms with E-state index in [4.69, 9.17) is 12.2 Å². The molecular weight excluding hydrogens is 118 g/mol. The highest BCUT2D eigenvalue weighted by Gasteiger charge is 2.02. The van der Waals surface area contributed by atoms with Crippen LogP contribution in [0, 0.1) is 0 Å². The van der Waals surface area contributed by atoms with E-state index in [0.29, 0.717) is 0 Å². The molecule has 1 aliphatic rings. The molecule has 0 aromatic carbocycles. The van der Waals surface area contributed by atoms with E-state index in [0.717, 1.165) is 17.8 Å². The Bertz CT molecular complexity index is 128. The molecule has 2 heteroatoms. The average Bonchev–Trinajstić information content (AvgIpc) is 1.77. The molecule has 0 radical (unpaired) electrons. The first-order valence-electron chi connectivity index (χ1n) is 2.73. The Morgan fingerprint density at radius 3 is 2.88 bits per heavy atom. The summed E-state index contributed by atoms with van der Waals surface area (Å²) >= 11 is 5.00. The molecule has 0 unspecified atom stereocenters. The van der Waals surface area contributed by atoms with E-state index < -0.39 is 0 Å². The molecule has 1 heterocycles. The standard InChI is InChI=1S/C6H9NS/c1-7-5-3-2-4-6(7)8/h3,5H,2,4H2,1H3. The number of rotatable bonds is 0. The molecule has 8 heavy (non-hydrogen) atoms. The molecule has 1 rings (SSSR count). The lowest BCUT2D eigenvalue weighted by molar-refractivity contribution is 0.657. The van der Waals surface area contributed by atoms with Gasteiger partial charge in [-0.3, -0.25) is 0 Å². The minimum atomic E-state index is 1.04. The zero-order valence-corrected chi connectivity index (χ0v) is 5.74. The second-order valence-corrected chi connectivity index (χ2v) is 2.40. The smallest absolute Gasteiger partial charge is 0.0819 e. The van der Waals surface area contributed by atoms with Gasteiger partial charge >= 0.3 is 0 Å². The molecule has 1 nitrogen and oxygen atoms in total. The van der Waals surface area contributed by atoms with Crippen LogP contribution in [0.5, 0.6) is 0 Å². The normalized spacial score (nSPS) is 19.6. The van der Waals surface area contributed by atoms with Gasteiger partial charge in [0.25, 0.3) is 0 Å². The first kappa shape index (κ1) is 5.76. The molecule has 0 aromatic heterocycles. The summed E-state index contributed by atoms with van der Waals surface area (Å²) < 4.78 is 0. The molecule has 44 valence electrons. The van der Waals surface area contributed by atoms with Crippen molar-refractivity contribution in [3.05, 3.63) is 12.3 Å². The third-order valence-corrected chi connectivity index (χ3v) is 1.74. The SMILES string of the molecule is CN1C=CCCC1=S. The van der Waals surface area contributed by atoms with Crippen LogP contribution >= 0.6 is 12.2 Å². The van der Waals surface area contributed by atoms with Gasteiger partial charge in [-0.1, -0.05) is 18.3 Å². The molecule has 1 aliphatic heterocycles. The van der Waals surface area contributed by atoms with Crippen molar-refractivity contribution in [1.29, 1.82) is 0 Å². The molecule has 0 fully saturated rings. The number of thiocarbonyl (C=S) groups is 1. The van der Waals surface area contributed by atoms with Crippen molar-refractivity contribution in [2.24, 2.45) is 0 Å². The number of hydrogen-bond donors (Lipinski definition) is 0. The van der Waals surface area contributed by atoms with Crippen LogP contribution in [0.25, 0.3) is 0 Å². The molecule has 0 bridgehead atoms. The summed E-state index contributed by atoms with van der Waals surface area (Å²) in [6, 6.07) is 0. The molecule has 0 atom stereocenters. The Labute approximate surface area is 55.0 Å². The summed E-state index contributed by atoms with van der Waals surface area (Å²) in [6.45, 7) is 0. The average molecular weight is 127 g/mol. The summed E-state index contributed by atoms with van der Waals surface area (Å²) in [7, 11) is 1.98. The van der Waals surface area contributed by atoms with Gasteiger partial charge in [-0.05, 0) is 6.42 Å². The van der Waals surface area contributed by atoms with Gasteiger partial charge in [0.1, 0.15) is 0 Å². The fourth-order valence-electron chi connectivity index (χ4n) is 0.699. The molecular formula is C6H9NS. The zero-order chi connectivity index (χ0) is 5.98. The molecule has 0 saturated carbocycles. The lowest BCUT2D eigenvalue weighted by Gasteiger charge is -2.17. The number of nitrogens with zero attached hydrogens (tertiary/aromatic N) is 1. The van der Waals surface area contributed by atoms with Crippen LogP contribution in [-0.4, -0.2) is 16.9 Å². The van der Waals surface area contributed by atoms with E-state index in [1.165, 1.54) is 0 Å². The predicted molar refractivity (Wildman–Crippen MR) is 38.7 cm³/mol. The molecule has 0 N–H and O–H groups in total. The van der Waals surface area contributed by atoms with Crippen LogP contribution in [0.4, 0.5) is 0 Å². The first-order valence-corrected chi connectivity index (χ1v) is 3.14. The number of allylic oxidation sites excluding steroid dienone is 1. The summed E-state index contributed by atoms with van der Waals surface area (Å²) in [4.78, 5) is 3.03. The fraction of sp³-hybridized carbons (Fsp3) is 0.500. The highest BCUT2D eigenvalue weighted by atomic mass is 32.1. The van der Waals surface area contributed by atoms with Crippen molar-refractivity contribution in [3.63, 3.8) is 0 Å². The zero-order valence-electron chi connectivity index (χ0n) is 4.92. The lowest BCUT2D eigenvalue weighted by Crippen LogP contribution is -2.20. The Morgan fingerprint density at radius 2 is 2.50 bits per heavy atom. The first-order chi connectivity index (χ1) is 3.80. The molecule has 0 spiro atoms. The van der Waals surface area contributed by atoms with Crippen LogP contribution in [0.3, 0.4) is 0 Å². The number of hydrogen-bond acceptors (Lipinski definition) is 1. The highest BCUT2D eigenvalue weighted by molar-refractivity contribution is 7.80. The minimum absolute atomic E-state index is 1.04. The minimum Gasteiger partial charge on any atom is -0.346 e. The predicted octanol–water partition coefficient (Wildman–Crippen LogP) is 1.55. The van der Waals surface area contributed by atoms with E-state index >= 15 is 0 Å². The van der Waals surface area contributed by atoms with Crippen LogP contribution in [0.15, 0.2) is 12.3 Å². The van der Waals surface area contributed by atoms with Crippen LogP contribution in [0.1, 0.15) is 12.8 Å². The maximum absolute atomic E-state index is 5.00. The van der Waals surface area contributed by atoms with Crippen molar-refractivity contribution in [1.82, 2.24) is 4.90 Å². The fourth-order valence-corrected chi connectivity index (χ4v) is 0.878. The van der Waals surface area contributed by atoms with Crippen molar-refractivity contribution < 1.29 is 0 Å². The van der Waals surface area contributed by atoms with Crippen molar-refractivity contribution in [2.75, 3.05) is 7.05 Å². The monoisotopic (exact) mass is 127 g/mol. The van der Waals surface area contributed by atoms with Crippen LogP contribution in [0.2, 0.25) is 0 Å². The van der Waals surface area contributed by atoms with Gasteiger partial charge < -0.3 is 4.90 Å².